The van der Waals surface area contributed by atoms with Gasteiger partial charge in [-0.25, -0.2) is 13.8 Å². The highest BCUT2D eigenvalue weighted by Crippen LogP contribution is 2.23. The van der Waals surface area contributed by atoms with Crippen molar-refractivity contribution in [1.29, 1.82) is 0 Å². The molecule has 4 rings (SSSR count). The number of pyridine rings is 2. The molecule has 0 saturated carbocycles. The Hall–Kier alpha value is -3.59. The Bertz CT molecular complexity index is 1330. The highest BCUT2D eigenvalue weighted by molar-refractivity contribution is 6.31. The molecule has 3 aromatic heterocycles. The van der Waals surface area contributed by atoms with Crippen LogP contribution in [0.15, 0.2) is 42.7 Å². The Balaban J connectivity index is 1.56. The lowest BCUT2D eigenvalue weighted by molar-refractivity contribution is 0.0936. The van der Waals surface area contributed by atoms with Crippen LogP contribution in [-0.2, 0) is 13.1 Å². The molecule has 0 saturated heterocycles. The summed E-state index contributed by atoms with van der Waals surface area (Å²) >= 11 is 6.01. The molecular weight excluding hydrogens is 450 g/mol. The molecule has 0 fully saturated rings. The number of alkyl halides is 2. The molecule has 4 aromatic rings. The number of amides is 1. The standard InChI is InChI=1S/C23H21ClF2N6O/c1-12-5-20(27)30-13(2)17(12)9-29-23(33)18-11-32(31-21(18)22(25)26)10-14-3-4-19-15(6-14)7-16(24)8-28-19/h3-8,11,22H,9-10H2,1-2H3,(H2,27,30)(H,29,33). The van der Waals surface area contributed by atoms with Gasteiger partial charge in [-0.1, -0.05) is 17.7 Å². The first-order chi connectivity index (χ1) is 15.7. The Morgan fingerprint density at radius 2 is 2.03 bits per heavy atom. The summed E-state index contributed by atoms with van der Waals surface area (Å²) in [5.41, 5.74) is 8.87. The number of anilines is 1. The summed E-state index contributed by atoms with van der Waals surface area (Å²) in [6.45, 7) is 3.97. The second-order valence-corrected chi connectivity index (χ2v) is 8.15. The number of hydrogen-bond donors (Lipinski definition) is 2. The van der Waals surface area contributed by atoms with Gasteiger partial charge in [-0.05, 0) is 54.8 Å². The summed E-state index contributed by atoms with van der Waals surface area (Å²) in [4.78, 5) is 21.2. The molecule has 170 valence electrons. The topological polar surface area (TPSA) is 98.7 Å². The lowest BCUT2D eigenvalue weighted by Crippen LogP contribution is -2.24. The van der Waals surface area contributed by atoms with Crippen molar-refractivity contribution in [1.82, 2.24) is 25.1 Å². The highest BCUT2D eigenvalue weighted by Gasteiger charge is 2.23. The van der Waals surface area contributed by atoms with Crippen LogP contribution in [0.3, 0.4) is 0 Å². The van der Waals surface area contributed by atoms with Crippen molar-refractivity contribution >= 4 is 34.2 Å². The summed E-state index contributed by atoms with van der Waals surface area (Å²) in [5, 5.41) is 7.97. The van der Waals surface area contributed by atoms with E-state index >= 15 is 0 Å². The van der Waals surface area contributed by atoms with Crippen molar-refractivity contribution in [2.75, 3.05) is 5.73 Å². The van der Waals surface area contributed by atoms with Crippen molar-refractivity contribution in [3.63, 3.8) is 0 Å². The SMILES string of the molecule is Cc1cc(N)nc(C)c1CNC(=O)c1cn(Cc2ccc3ncc(Cl)cc3c2)nc1C(F)F. The molecule has 33 heavy (non-hydrogen) atoms. The third kappa shape index (κ3) is 4.93. The van der Waals surface area contributed by atoms with E-state index in [1.54, 1.807) is 25.3 Å². The van der Waals surface area contributed by atoms with Gasteiger partial charge in [-0.15, -0.1) is 0 Å². The van der Waals surface area contributed by atoms with Crippen LogP contribution >= 0.6 is 11.6 Å². The minimum Gasteiger partial charge on any atom is -0.384 e. The molecule has 0 bridgehead atoms. The van der Waals surface area contributed by atoms with Crippen molar-refractivity contribution in [2.24, 2.45) is 0 Å². The van der Waals surface area contributed by atoms with Crippen LogP contribution in [0.25, 0.3) is 10.9 Å². The number of nitrogens with one attached hydrogen (secondary N) is 1. The number of aryl methyl sites for hydroxylation is 2. The summed E-state index contributed by atoms with van der Waals surface area (Å²) in [6, 6.07) is 8.97. The largest absolute Gasteiger partial charge is 0.384 e. The number of fused-ring (bicyclic) bond motifs is 1. The number of aromatic nitrogens is 4. The lowest BCUT2D eigenvalue weighted by atomic mass is 10.1. The van der Waals surface area contributed by atoms with Crippen molar-refractivity contribution in [3.8, 4) is 0 Å². The van der Waals surface area contributed by atoms with E-state index in [4.69, 9.17) is 17.3 Å². The maximum Gasteiger partial charge on any atom is 0.282 e. The third-order valence-corrected chi connectivity index (χ3v) is 5.50. The zero-order chi connectivity index (χ0) is 23.7. The fraction of sp³-hybridized carbons (Fsp3) is 0.217. The van der Waals surface area contributed by atoms with E-state index in [0.717, 1.165) is 27.6 Å². The van der Waals surface area contributed by atoms with E-state index in [9.17, 15) is 13.6 Å². The molecule has 0 atom stereocenters. The molecule has 0 aliphatic carbocycles. The first-order valence-corrected chi connectivity index (χ1v) is 10.5. The maximum absolute atomic E-state index is 13.6. The number of halogens is 3. The summed E-state index contributed by atoms with van der Waals surface area (Å²) in [6.07, 6.45) is -0.00773. The molecule has 3 N–H and O–H groups in total. The Kier molecular flexibility index (Phi) is 6.24. The number of nitrogen functional groups attached to an aromatic ring is 1. The fourth-order valence-corrected chi connectivity index (χ4v) is 3.88. The van der Waals surface area contributed by atoms with Crippen LogP contribution in [0, 0.1) is 13.8 Å². The van der Waals surface area contributed by atoms with E-state index < -0.39 is 18.0 Å². The zero-order valence-electron chi connectivity index (χ0n) is 17.9. The quantitative estimate of drug-likeness (QED) is 0.429. The van der Waals surface area contributed by atoms with E-state index in [-0.39, 0.29) is 18.7 Å². The highest BCUT2D eigenvalue weighted by atomic mass is 35.5. The number of nitrogens with two attached hydrogens (primary N) is 1. The molecule has 3 heterocycles. The minimum absolute atomic E-state index is 0.135. The number of carbonyl (C=O) groups excluding carboxylic acids is 1. The van der Waals surface area contributed by atoms with Gasteiger partial charge in [0.05, 0.1) is 22.6 Å². The van der Waals surface area contributed by atoms with Crippen LogP contribution in [0.5, 0.6) is 0 Å². The van der Waals surface area contributed by atoms with Gasteiger partial charge in [0.2, 0.25) is 0 Å². The second kappa shape index (κ2) is 9.11. The predicted octanol–water partition coefficient (Wildman–Crippen LogP) is 4.59. The molecule has 0 unspecified atom stereocenters. The van der Waals surface area contributed by atoms with Gasteiger partial charge < -0.3 is 11.1 Å². The van der Waals surface area contributed by atoms with Crippen LogP contribution in [-0.4, -0.2) is 25.7 Å². The van der Waals surface area contributed by atoms with E-state index in [2.05, 4.69) is 20.4 Å². The van der Waals surface area contributed by atoms with Gasteiger partial charge >= 0.3 is 0 Å². The van der Waals surface area contributed by atoms with Crippen molar-refractivity contribution in [2.45, 2.75) is 33.4 Å². The number of nitrogens with zero attached hydrogens (tertiary/aromatic N) is 4. The Morgan fingerprint density at radius 1 is 1.24 bits per heavy atom. The normalized spacial score (nSPS) is 11.3. The predicted molar refractivity (Wildman–Crippen MR) is 122 cm³/mol. The van der Waals surface area contributed by atoms with Crippen molar-refractivity contribution < 1.29 is 13.6 Å². The molecule has 0 spiro atoms. The van der Waals surface area contributed by atoms with Crippen molar-refractivity contribution in [3.05, 3.63) is 81.4 Å². The first-order valence-electron chi connectivity index (χ1n) is 10.1. The van der Waals surface area contributed by atoms with Gasteiger partial charge in [0.25, 0.3) is 12.3 Å². The Morgan fingerprint density at radius 3 is 2.76 bits per heavy atom. The molecule has 10 heteroatoms. The molecular formula is C23H21ClF2N6O. The molecule has 7 nitrogen and oxygen atoms in total. The fourth-order valence-electron chi connectivity index (χ4n) is 3.71. The lowest BCUT2D eigenvalue weighted by Gasteiger charge is -2.11. The average molecular weight is 471 g/mol. The van der Waals surface area contributed by atoms with E-state index in [1.807, 2.05) is 25.1 Å². The zero-order valence-corrected chi connectivity index (χ0v) is 18.7. The number of rotatable bonds is 6. The monoisotopic (exact) mass is 470 g/mol. The Labute approximate surface area is 193 Å². The molecule has 1 aromatic carbocycles. The van der Waals surface area contributed by atoms with Gasteiger partial charge in [0.1, 0.15) is 11.5 Å². The van der Waals surface area contributed by atoms with Crippen LogP contribution < -0.4 is 11.1 Å². The number of carbonyl (C=O) groups is 1. The van der Waals surface area contributed by atoms with Gasteiger partial charge in [-0.3, -0.25) is 14.5 Å². The number of benzene rings is 1. The molecule has 0 radical (unpaired) electrons. The first kappa shape index (κ1) is 22.6. The molecule has 0 aliphatic heterocycles. The summed E-state index contributed by atoms with van der Waals surface area (Å²) in [7, 11) is 0. The minimum atomic E-state index is -2.90. The third-order valence-electron chi connectivity index (χ3n) is 5.30. The average Bonchev–Trinajstić information content (AvgIpc) is 3.17. The summed E-state index contributed by atoms with van der Waals surface area (Å²) < 4.78 is 28.6. The van der Waals surface area contributed by atoms with Gasteiger partial charge in [-0.2, -0.15) is 5.10 Å². The molecule has 0 aliphatic rings. The summed E-state index contributed by atoms with van der Waals surface area (Å²) in [5.74, 6) is -0.255. The van der Waals surface area contributed by atoms with E-state index in [1.165, 1.54) is 10.9 Å². The number of hydrogen-bond acceptors (Lipinski definition) is 5. The molecule has 1 amide bonds. The van der Waals surface area contributed by atoms with Gasteiger partial charge in [0.15, 0.2) is 0 Å². The van der Waals surface area contributed by atoms with Crippen LogP contribution in [0.1, 0.15) is 44.9 Å². The van der Waals surface area contributed by atoms with E-state index in [0.29, 0.717) is 16.5 Å². The maximum atomic E-state index is 13.6. The smallest absolute Gasteiger partial charge is 0.282 e. The second-order valence-electron chi connectivity index (χ2n) is 7.72. The van der Waals surface area contributed by atoms with Gasteiger partial charge in [0, 0.05) is 30.0 Å². The van der Waals surface area contributed by atoms with Crippen LogP contribution in [0.2, 0.25) is 5.02 Å². The van der Waals surface area contributed by atoms with Crippen LogP contribution in [0.4, 0.5) is 14.6 Å².